The Hall–Kier alpha value is -2.24. The van der Waals surface area contributed by atoms with Gasteiger partial charge in [-0.05, 0) is 37.0 Å². The van der Waals surface area contributed by atoms with Crippen molar-refractivity contribution in [3.8, 4) is 11.5 Å². The van der Waals surface area contributed by atoms with Gasteiger partial charge in [-0.25, -0.2) is 0 Å². The van der Waals surface area contributed by atoms with Crippen LogP contribution < -0.4 is 14.8 Å². The lowest BCUT2D eigenvalue weighted by molar-refractivity contribution is -0.137. The predicted molar refractivity (Wildman–Crippen MR) is 75.8 cm³/mol. The second kappa shape index (κ2) is 6.47. The third-order valence-electron chi connectivity index (χ3n) is 3.55. The fourth-order valence-electron chi connectivity index (χ4n) is 2.26. The van der Waals surface area contributed by atoms with E-state index in [-0.39, 0.29) is 24.3 Å². The number of carbonyl (C=O) groups is 2. The standard InChI is InChI=1S/C15H19NO5/c1-20-10-5-6-13(21-2)11(7-10)15(19)16-12(8-14(17)18)9-3-4-9/h5-7,9,12H,3-4,8H2,1-2H3,(H,16,19)(H,17,18). The minimum Gasteiger partial charge on any atom is -0.497 e. The first-order valence-electron chi connectivity index (χ1n) is 6.79. The lowest BCUT2D eigenvalue weighted by Crippen LogP contribution is -2.38. The third-order valence-corrected chi connectivity index (χ3v) is 3.55. The molecule has 0 saturated heterocycles. The quantitative estimate of drug-likeness (QED) is 0.799. The van der Waals surface area contributed by atoms with Crippen molar-refractivity contribution >= 4 is 11.9 Å². The Labute approximate surface area is 123 Å². The highest BCUT2D eigenvalue weighted by molar-refractivity contribution is 5.97. The number of nitrogens with one attached hydrogen (secondary N) is 1. The molecule has 1 aliphatic carbocycles. The summed E-state index contributed by atoms with van der Waals surface area (Å²) < 4.78 is 10.3. The van der Waals surface area contributed by atoms with E-state index in [2.05, 4.69) is 5.32 Å². The van der Waals surface area contributed by atoms with Gasteiger partial charge in [-0.2, -0.15) is 0 Å². The van der Waals surface area contributed by atoms with Gasteiger partial charge in [-0.1, -0.05) is 0 Å². The molecule has 1 aliphatic rings. The first kappa shape index (κ1) is 15.2. The maximum Gasteiger partial charge on any atom is 0.305 e. The fraction of sp³-hybridized carbons (Fsp3) is 0.467. The topological polar surface area (TPSA) is 84.9 Å². The van der Waals surface area contributed by atoms with E-state index in [9.17, 15) is 9.59 Å². The summed E-state index contributed by atoms with van der Waals surface area (Å²) in [7, 11) is 3.00. The zero-order valence-electron chi connectivity index (χ0n) is 12.1. The molecule has 0 bridgehead atoms. The number of carboxylic acids is 1. The molecular formula is C15H19NO5. The molecule has 1 aromatic rings. The van der Waals surface area contributed by atoms with Crippen molar-refractivity contribution in [2.24, 2.45) is 5.92 Å². The summed E-state index contributed by atoms with van der Waals surface area (Å²) in [6.07, 6.45) is 1.84. The average Bonchev–Trinajstić information content (AvgIpc) is 3.29. The Bertz CT molecular complexity index is 539. The van der Waals surface area contributed by atoms with Crippen molar-refractivity contribution in [2.45, 2.75) is 25.3 Å². The summed E-state index contributed by atoms with van der Waals surface area (Å²) in [6.45, 7) is 0. The van der Waals surface area contributed by atoms with Gasteiger partial charge in [-0.3, -0.25) is 9.59 Å². The zero-order valence-corrected chi connectivity index (χ0v) is 12.1. The van der Waals surface area contributed by atoms with Gasteiger partial charge < -0.3 is 19.9 Å². The summed E-state index contributed by atoms with van der Waals surface area (Å²) in [5.41, 5.74) is 0.341. The van der Waals surface area contributed by atoms with E-state index in [1.54, 1.807) is 18.2 Å². The van der Waals surface area contributed by atoms with Crippen LogP contribution in [-0.2, 0) is 4.79 Å². The van der Waals surface area contributed by atoms with Crippen LogP contribution in [0.5, 0.6) is 11.5 Å². The van der Waals surface area contributed by atoms with Crippen LogP contribution in [-0.4, -0.2) is 37.2 Å². The van der Waals surface area contributed by atoms with Crippen LogP contribution in [0.1, 0.15) is 29.6 Å². The Morgan fingerprint density at radius 3 is 2.57 bits per heavy atom. The minimum absolute atomic E-state index is 0.0668. The van der Waals surface area contributed by atoms with Crippen LogP contribution >= 0.6 is 0 Å². The van der Waals surface area contributed by atoms with Crippen molar-refractivity contribution in [1.29, 1.82) is 0 Å². The number of hydrogen-bond donors (Lipinski definition) is 2. The molecule has 2 rings (SSSR count). The Kier molecular flexibility index (Phi) is 4.67. The van der Waals surface area contributed by atoms with Gasteiger partial charge >= 0.3 is 5.97 Å². The molecule has 6 heteroatoms. The predicted octanol–water partition coefficient (Wildman–Crippen LogP) is 1.69. The first-order chi connectivity index (χ1) is 10.0. The van der Waals surface area contributed by atoms with Crippen LogP contribution in [0.25, 0.3) is 0 Å². The second-order valence-corrected chi connectivity index (χ2v) is 5.08. The van der Waals surface area contributed by atoms with Crippen LogP contribution in [0, 0.1) is 5.92 Å². The van der Waals surface area contributed by atoms with E-state index in [1.807, 2.05) is 0 Å². The summed E-state index contributed by atoms with van der Waals surface area (Å²) in [4.78, 5) is 23.3. The highest BCUT2D eigenvalue weighted by atomic mass is 16.5. The van der Waals surface area contributed by atoms with E-state index < -0.39 is 5.97 Å². The smallest absolute Gasteiger partial charge is 0.305 e. The number of amides is 1. The van der Waals surface area contributed by atoms with Gasteiger partial charge in [0.1, 0.15) is 11.5 Å². The molecule has 1 unspecified atom stereocenters. The molecule has 6 nitrogen and oxygen atoms in total. The highest BCUT2D eigenvalue weighted by Gasteiger charge is 2.34. The molecule has 0 aliphatic heterocycles. The molecule has 1 fully saturated rings. The van der Waals surface area contributed by atoms with Gasteiger partial charge in [0.15, 0.2) is 0 Å². The molecule has 1 amide bonds. The van der Waals surface area contributed by atoms with Gasteiger partial charge in [0.2, 0.25) is 0 Å². The first-order valence-corrected chi connectivity index (χ1v) is 6.79. The lowest BCUT2D eigenvalue weighted by Gasteiger charge is -2.17. The van der Waals surface area contributed by atoms with Gasteiger partial charge in [0, 0.05) is 6.04 Å². The summed E-state index contributed by atoms with van der Waals surface area (Å²) in [6, 6.07) is 4.59. The molecule has 1 atom stereocenters. The molecule has 114 valence electrons. The Morgan fingerprint density at radius 1 is 1.33 bits per heavy atom. The van der Waals surface area contributed by atoms with Crippen molar-refractivity contribution < 1.29 is 24.2 Å². The molecule has 0 heterocycles. The van der Waals surface area contributed by atoms with Crippen LogP contribution in [0.15, 0.2) is 18.2 Å². The largest absolute Gasteiger partial charge is 0.497 e. The molecule has 0 radical (unpaired) electrons. The maximum absolute atomic E-state index is 12.4. The highest BCUT2D eigenvalue weighted by Crippen LogP contribution is 2.34. The number of rotatable bonds is 7. The van der Waals surface area contributed by atoms with Crippen LogP contribution in [0.3, 0.4) is 0 Å². The van der Waals surface area contributed by atoms with Crippen molar-refractivity contribution in [1.82, 2.24) is 5.32 Å². The number of methoxy groups -OCH3 is 2. The molecule has 1 aromatic carbocycles. The lowest BCUT2D eigenvalue weighted by atomic mass is 10.1. The van der Waals surface area contributed by atoms with E-state index in [1.165, 1.54) is 14.2 Å². The molecular weight excluding hydrogens is 274 g/mol. The second-order valence-electron chi connectivity index (χ2n) is 5.08. The third kappa shape index (κ3) is 3.87. The van der Waals surface area contributed by atoms with Crippen LogP contribution in [0.4, 0.5) is 0 Å². The fourth-order valence-corrected chi connectivity index (χ4v) is 2.26. The Balaban J connectivity index is 2.16. The number of carboxylic acid groups (broad SMARTS) is 1. The minimum atomic E-state index is -0.912. The average molecular weight is 293 g/mol. The monoisotopic (exact) mass is 293 g/mol. The molecule has 2 N–H and O–H groups in total. The summed E-state index contributed by atoms with van der Waals surface area (Å²) in [5.74, 6) is -0.0318. The number of carbonyl (C=O) groups excluding carboxylic acids is 1. The summed E-state index contributed by atoms with van der Waals surface area (Å²) >= 11 is 0. The van der Waals surface area contributed by atoms with Gasteiger partial charge in [0.25, 0.3) is 5.91 Å². The van der Waals surface area contributed by atoms with E-state index in [0.717, 1.165) is 12.8 Å². The number of aliphatic carboxylic acids is 1. The van der Waals surface area contributed by atoms with Crippen LogP contribution in [0.2, 0.25) is 0 Å². The zero-order chi connectivity index (χ0) is 15.4. The molecule has 1 saturated carbocycles. The van der Waals surface area contributed by atoms with E-state index >= 15 is 0 Å². The number of benzene rings is 1. The van der Waals surface area contributed by atoms with Crippen molar-refractivity contribution in [3.05, 3.63) is 23.8 Å². The van der Waals surface area contributed by atoms with Gasteiger partial charge in [0.05, 0.1) is 26.2 Å². The van der Waals surface area contributed by atoms with Gasteiger partial charge in [-0.15, -0.1) is 0 Å². The van der Waals surface area contributed by atoms with E-state index in [4.69, 9.17) is 14.6 Å². The Morgan fingerprint density at radius 2 is 2.05 bits per heavy atom. The molecule has 21 heavy (non-hydrogen) atoms. The number of ether oxygens (including phenoxy) is 2. The van der Waals surface area contributed by atoms with Crippen molar-refractivity contribution in [2.75, 3.05) is 14.2 Å². The molecule has 0 spiro atoms. The van der Waals surface area contributed by atoms with E-state index in [0.29, 0.717) is 17.1 Å². The SMILES string of the molecule is COc1ccc(OC)c(C(=O)NC(CC(=O)O)C2CC2)c1. The normalized spacial score (nSPS) is 15.1. The van der Waals surface area contributed by atoms with Crippen molar-refractivity contribution in [3.63, 3.8) is 0 Å². The maximum atomic E-state index is 12.4. The summed E-state index contributed by atoms with van der Waals surface area (Å²) in [5, 5.41) is 11.7. The number of hydrogen-bond acceptors (Lipinski definition) is 4. The molecule has 0 aromatic heterocycles.